The Morgan fingerprint density at radius 3 is 2.64 bits per heavy atom. The summed E-state index contributed by atoms with van der Waals surface area (Å²) >= 11 is 3.46. The number of hydrogen-bond donors (Lipinski definition) is 2. The fourth-order valence-corrected chi connectivity index (χ4v) is 2.98. The molecule has 0 spiro atoms. The van der Waals surface area contributed by atoms with E-state index in [2.05, 4.69) is 31.4 Å². The maximum atomic E-state index is 12.4. The van der Waals surface area contributed by atoms with Crippen LogP contribution >= 0.6 is 15.9 Å². The van der Waals surface area contributed by atoms with Gasteiger partial charge >= 0.3 is 0 Å². The first-order valence-electron chi connectivity index (χ1n) is 7.93. The predicted octanol–water partition coefficient (Wildman–Crippen LogP) is 4.80. The second-order valence-corrected chi connectivity index (χ2v) is 6.42. The molecule has 0 aliphatic rings. The fraction of sp³-hybridized carbons (Fsp3) is 0.158. The van der Waals surface area contributed by atoms with Gasteiger partial charge in [0.05, 0.1) is 18.0 Å². The number of nitrogens with one attached hydrogen (secondary N) is 2. The molecule has 0 unspecified atom stereocenters. The Morgan fingerprint density at radius 1 is 1.20 bits per heavy atom. The maximum absolute atomic E-state index is 12.4. The van der Waals surface area contributed by atoms with E-state index in [1.54, 1.807) is 6.07 Å². The average Bonchev–Trinajstić information content (AvgIpc) is 3.08. The third kappa shape index (κ3) is 4.09. The van der Waals surface area contributed by atoms with Crippen LogP contribution in [0.1, 0.15) is 23.0 Å². The van der Waals surface area contributed by atoms with Gasteiger partial charge in [-0.05, 0) is 77.8 Å². The molecule has 0 atom stereocenters. The summed E-state index contributed by atoms with van der Waals surface area (Å²) in [6, 6.07) is 15.1. The van der Waals surface area contributed by atoms with Gasteiger partial charge in [-0.1, -0.05) is 6.07 Å². The number of rotatable bonds is 5. The lowest BCUT2D eigenvalue weighted by Gasteiger charge is -2.06. The number of aryl methyl sites for hydroxylation is 1. The van der Waals surface area contributed by atoms with Gasteiger partial charge in [-0.15, -0.1) is 0 Å². The third-order valence-corrected chi connectivity index (χ3v) is 4.31. The Balaban J connectivity index is 1.75. The zero-order chi connectivity index (χ0) is 17.8. The van der Waals surface area contributed by atoms with E-state index in [-0.39, 0.29) is 5.91 Å². The van der Waals surface area contributed by atoms with Crippen LogP contribution in [0.15, 0.2) is 53.0 Å². The Bertz CT molecular complexity index is 888. The fourth-order valence-electron chi connectivity index (χ4n) is 2.39. The highest BCUT2D eigenvalue weighted by Gasteiger charge is 2.13. The summed E-state index contributed by atoms with van der Waals surface area (Å²) in [6.45, 7) is 4.56. The highest BCUT2D eigenvalue weighted by atomic mass is 79.9. The predicted molar refractivity (Wildman–Crippen MR) is 102 cm³/mol. The van der Waals surface area contributed by atoms with E-state index in [0.29, 0.717) is 23.7 Å². The summed E-state index contributed by atoms with van der Waals surface area (Å²) in [5.41, 5.74) is 3.85. The maximum Gasteiger partial charge on any atom is 0.273 e. The Hall–Kier alpha value is -2.60. The number of amides is 1. The zero-order valence-corrected chi connectivity index (χ0v) is 15.6. The van der Waals surface area contributed by atoms with E-state index in [1.165, 1.54) is 0 Å². The van der Waals surface area contributed by atoms with E-state index in [0.717, 1.165) is 21.3 Å². The summed E-state index contributed by atoms with van der Waals surface area (Å²) in [5.74, 6) is 0.568. The second kappa shape index (κ2) is 7.53. The molecule has 0 saturated heterocycles. The molecule has 3 aromatic rings. The van der Waals surface area contributed by atoms with E-state index in [4.69, 9.17) is 4.74 Å². The van der Waals surface area contributed by atoms with Gasteiger partial charge in [0.1, 0.15) is 11.4 Å². The highest BCUT2D eigenvalue weighted by molar-refractivity contribution is 9.10. The van der Waals surface area contributed by atoms with Crippen molar-refractivity contribution >= 4 is 27.5 Å². The molecule has 1 aromatic heterocycles. The summed E-state index contributed by atoms with van der Waals surface area (Å²) in [6.07, 6.45) is 0. The summed E-state index contributed by atoms with van der Waals surface area (Å²) in [7, 11) is 0. The van der Waals surface area contributed by atoms with Crippen LogP contribution in [-0.4, -0.2) is 22.7 Å². The van der Waals surface area contributed by atoms with Gasteiger partial charge in [-0.3, -0.25) is 9.89 Å². The molecule has 0 fully saturated rings. The number of aromatic amines is 1. The largest absolute Gasteiger partial charge is 0.494 e. The molecule has 5 nitrogen and oxygen atoms in total. The van der Waals surface area contributed by atoms with Crippen LogP contribution in [-0.2, 0) is 0 Å². The second-order valence-electron chi connectivity index (χ2n) is 5.56. The van der Waals surface area contributed by atoms with Crippen molar-refractivity contribution in [1.29, 1.82) is 0 Å². The van der Waals surface area contributed by atoms with Crippen LogP contribution < -0.4 is 10.1 Å². The van der Waals surface area contributed by atoms with Gasteiger partial charge in [-0.2, -0.15) is 5.10 Å². The number of carbonyl (C=O) groups excluding carboxylic acids is 1. The molecule has 0 radical (unpaired) electrons. The monoisotopic (exact) mass is 399 g/mol. The van der Waals surface area contributed by atoms with Gasteiger partial charge < -0.3 is 10.1 Å². The number of hydrogen-bond acceptors (Lipinski definition) is 3. The van der Waals surface area contributed by atoms with Crippen molar-refractivity contribution in [2.24, 2.45) is 0 Å². The van der Waals surface area contributed by atoms with Gasteiger partial charge in [0.15, 0.2) is 0 Å². The van der Waals surface area contributed by atoms with Crippen LogP contribution in [0.5, 0.6) is 5.75 Å². The van der Waals surface area contributed by atoms with Gasteiger partial charge in [0, 0.05) is 10.0 Å². The summed E-state index contributed by atoms with van der Waals surface area (Å²) in [5, 5.41) is 9.88. The number of ether oxygens (including phenoxy) is 1. The lowest BCUT2D eigenvalue weighted by Crippen LogP contribution is -2.12. The SMILES string of the molecule is CCOc1ccc(-c2cc(C(=O)Nc3ccc(C)cc3Br)[nH]n2)cc1. The van der Waals surface area contributed by atoms with Crippen LogP contribution in [0.4, 0.5) is 5.69 Å². The minimum Gasteiger partial charge on any atom is -0.494 e. The Morgan fingerprint density at radius 2 is 1.96 bits per heavy atom. The number of carbonyl (C=O) groups is 1. The molecule has 0 saturated carbocycles. The van der Waals surface area contributed by atoms with Crippen LogP contribution in [0, 0.1) is 6.92 Å². The zero-order valence-electron chi connectivity index (χ0n) is 14.0. The molecule has 0 aliphatic carbocycles. The number of benzene rings is 2. The van der Waals surface area contributed by atoms with Crippen molar-refractivity contribution in [1.82, 2.24) is 10.2 Å². The third-order valence-electron chi connectivity index (χ3n) is 3.66. The molecule has 1 amide bonds. The topological polar surface area (TPSA) is 67.0 Å². The first kappa shape index (κ1) is 17.2. The smallest absolute Gasteiger partial charge is 0.273 e. The molecule has 6 heteroatoms. The van der Waals surface area contributed by atoms with Crippen LogP contribution in [0.3, 0.4) is 0 Å². The van der Waals surface area contributed by atoms with Gasteiger partial charge in [0.25, 0.3) is 5.91 Å². The summed E-state index contributed by atoms with van der Waals surface area (Å²) < 4.78 is 6.27. The van der Waals surface area contributed by atoms with E-state index >= 15 is 0 Å². The number of H-pyrrole nitrogens is 1. The van der Waals surface area contributed by atoms with Gasteiger partial charge in [-0.25, -0.2) is 0 Å². The van der Waals surface area contributed by atoms with E-state index in [1.807, 2.05) is 56.3 Å². The molecular weight excluding hydrogens is 382 g/mol. The lowest BCUT2D eigenvalue weighted by molar-refractivity contribution is 0.102. The molecule has 0 aliphatic heterocycles. The normalized spacial score (nSPS) is 10.5. The van der Waals surface area contributed by atoms with Crippen molar-refractivity contribution in [3.8, 4) is 17.0 Å². The number of aromatic nitrogens is 2. The molecule has 3 rings (SSSR count). The summed E-state index contributed by atoms with van der Waals surface area (Å²) in [4.78, 5) is 12.4. The number of halogens is 1. The molecule has 0 bridgehead atoms. The highest BCUT2D eigenvalue weighted by Crippen LogP contribution is 2.25. The van der Waals surface area contributed by atoms with Crippen molar-refractivity contribution in [3.63, 3.8) is 0 Å². The average molecular weight is 400 g/mol. The molecule has 25 heavy (non-hydrogen) atoms. The van der Waals surface area contributed by atoms with Crippen LogP contribution in [0.25, 0.3) is 11.3 Å². The quantitative estimate of drug-likeness (QED) is 0.647. The molecule has 2 N–H and O–H groups in total. The van der Waals surface area contributed by atoms with Crippen molar-refractivity contribution in [2.45, 2.75) is 13.8 Å². The minimum absolute atomic E-state index is 0.241. The Labute approximate surface area is 154 Å². The van der Waals surface area contributed by atoms with Crippen molar-refractivity contribution in [3.05, 3.63) is 64.3 Å². The van der Waals surface area contributed by atoms with Gasteiger partial charge in [0.2, 0.25) is 0 Å². The standard InChI is InChI=1S/C19H18BrN3O2/c1-3-25-14-7-5-13(6-8-14)17-11-18(23-22-17)19(24)21-16-9-4-12(2)10-15(16)20/h4-11H,3H2,1-2H3,(H,21,24)(H,22,23). The van der Waals surface area contributed by atoms with Crippen LogP contribution in [0.2, 0.25) is 0 Å². The van der Waals surface area contributed by atoms with Crippen molar-refractivity contribution < 1.29 is 9.53 Å². The van der Waals surface area contributed by atoms with E-state index < -0.39 is 0 Å². The first-order chi connectivity index (χ1) is 12.1. The minimum atomic E-state index is -0.241. The van der Waals surface area contributed by atoms with E-state index in [9.17, 15) is 4.79 Å². The molecular formula is C19H18BrN3O2. The molecule has 128 valence electrons. The number of nitrogens with zero attached hydrogens (tertiary/aromatic N) is 1. The van der Waals surface area contributed by atoms with Crippen molar-refractivity contribution in [2.75, 3.05) is 11.9 Å². The molecule has 1 heterocycles. The first-order valence-corrected chi connectivity index (χ1v) is 8.72. The molecule has 2 aromatic carbocycles. The number of anilines is 1. The lowest BCUT2D eigenvalue weighted by atomic mass is 10.1. The Kier molecular flexibility index (Phi) is 5.19.